The van der Waals surface area contributed by atoms with Crippen LogP contribution in [0, 0.1) is 0 Å². The molecular formula is C6H6ClF3N2S2. The molecule has 0 aliphatic carbocycles. The summed E-state index contributed by atoms with van der Waals surface area (Å²) in [5.74, 6) is -0.710. The first-order chi connectivity index (χ1) is 6.43. The molecule has 0 N–H and O–H groups in total. The molecule has 0 fully saturated rings. The van der Waals surface area contributed by atoms with Gasteiger partial charge in [0, 0.05) is 11.1 Å². The molecule has 0 amide bonds. The number of nitrogens with zero attached hydrogens (tertiary/aromatic N) is 2. The molecule has 1 aromatic rings. The molecule has 8 heteroatoms. The molecule has 0 radical (unpaired) electrons. The van der Waals surface area contributed by atoms with Gasteiger partial charge in [-0.05, 0) is 11.5 Å². The van der Waals surface area contributed by atoms with E-state index in [2.05, 4.69) is 9.36 Å². The maximum Gasteiger partial charge on any atom is 0.452 e. The van der Waals surface area contributed by atoms with E-state index in [1.807, 2.05) is 6.92 Å². The van der Waals surface area contributed by atoms with Crippen LogP contribution in [0.2, 0.25) is 0 Å². The molecule has 2 nitrogen and oxygen atoms in total. The Morgan fingerprint density at radius 2 is 2.21 bits per heavy atom. The molecular weight excluding hydrogens is 257 g/mol. The van der Waals surface area contributed by atoms with Crippen LogP contribution in [0.3, 0.4) is 0 Å². The van der Waals surface area contributed by atoms with Crippen molar-refractivity contribution in [2.24, 2.45) is 0 Å². The molecule has 0 aliphatic rings. The Morgan fingerprint density at radius 1 is 1.57 bits per heavy atom. The zero-order chi connectivity index (χ0) is 10.8. The van der Waals surface area contributed by atoms with Crippen LogP contribution in [-0.2, 0) is 6.18 Å². The van der Waals surface area contributed by atoms with Gasteiger partial charge in [0.2, 0.25) is 5.82 Å². The topological polar surface area (TPSA) is 25.8 Å². The van der Waals surface area contributed by atoms with Crippen molar-refractivity contribution in [3.63, 3.8) is 0 Å². The Balaban J connectivity index is 2.69. The van der Waals surface area contributed by atoms with Gasteiger partial charge in [0.15, 0.2) is 4.34 Å². The van der Waals surface area contributed by atoms with E-state index >= 15 is 0 Å². The number of thioether (sulfide) groups is 1. The largest absolute Gasteiger partial charge is 0.452 e. The summed E-state index contributed by atoms with van der Waals surface area (Å²) >= 11 is 7.45. The zero-order valence-electron chi connectivity index (χ0n) is 7.01. The molecule has 0 aliphatic heterocycles. The lowest BCUT2D eigenvalue weighted by Gasteiger charge is -2.01. The molecule has 1 heterocycles. The van der Waals surface area contributed by atoms with E-state index in [1.54, 1.807) is 0 Å². The van der Waals surface area contributed by atoms with E-state index < -0.39 is 12.0 Å². The standard InChI is InChI=1S/C6H6ClF3N2S2/c1-3(2-7)13-5-11-4(12-14-5)6(8,9)10/h3H,2H2,1H3. The highest BCUT2D eigenvalue weighted by atomic mass is 35.5. The summed E-state index contributed by atoms with van der Waals surface area (Å²) in [4.78, 5) is 3.36. The number of alkyl halides is 4. The third-order valence-corrected chi connectivity index (χ3v) is 3.71. The minimum atomic E-state index is -4.46. The number of hydrogen-bond donors (Lipinski definition) is 0. The third-order valence-electron chi connectivity index (χ3n) is 1.18. The maximum atomic E-state index is 12.1. The minimum Gasteiger partial charge on any atom is -0.204 e. The molecule has 1 rings (SSSR count). The minimum absolute atomic E-state index is 0.0331. The Labute approximate surface area is 92.0 Å². The highest BCUT2D eigenvalue weighted by Crippen LogP contribution is 2.32. The lowest BCUT2D eigenvalue weighted by Crippen LogP contribution is -2.07. The molecule has 0 saturated carbocycles. The highest BCUT2D eigenvalue weighted by molar-refractivity contribution is 8.01. The second-order valence-corrected chi connectivity index (χ2v) is 5.21. The number of aromatic nitrogens is 2. The lowest BCUT2D eigenvalue weighted by molar-refractivity contribution is -0.144. The Hall–Kier alpha value is -0.0100. The predicted octanol–water partition coefficient (Wildman–Crippen LogP) is 3.28. The van der Waals surface area contributed by atoms with Crippen molar-refractivity contribution in [3.05, 3.63) is 5.82 Å². The van der Waals surface area contributed by atoms with Crippen LogP contribution in [-0.4, -0.2) is 20.5 Å². The fraction of sp³-hybridized carbons (Fsp3) is 0.667. The highest BCUT2D eigenvalue weighted by Gasteiger charge is 2.36. The Bertz CT molecular complexity index is 302. The molecule has 14 heavy (non-hydrogen) atoms. The first kappa shape index (κ1) is 12.1. The van der Waals surface area contributed by atoms with Crippen molar-refractivity contribution in [2.75, 3.05) is 5.88 Å². The summed E-state index contributed by atoms with van der Waals surface area (Å²) in [6.45, 7) is 1.81. The molecule has 0 aromatic carbocycles. The van der Waals surface area contributed by atoms with E-state index in [1.165, 1.54) is 11.8 Å². The third kappa shape index (κ3) is 3.29. The van der Waals surface area contributed by atoms with Gasteiger partial charge >= 0.3 is 6.18 Å². The molecule has 1 unspecified atom stereocenters. The summed E-state index contributed by atoms with van der Waals surface area (Å²) in [5, 5.41) is 0.0331. The van der Waals surface area contributed by atoms with Gasteiger partial charge in [0.05, 0.1) is 0 Å². The van der Waals surface area contributed by atoms with Gasteiger partial charge in [-0.2, -0.15) is 17.5 Å². The molecule has 1 aromatic heterocycles. The fourth-order valence-electron chi connectivity index (χ4n) is 0.576. The van der Waals surface area contributed by atoms with Crippen LogP contribution >= 0.6 is 34.9 Å². The van der Waals surface area contributed by atoms with Crippen molar-refractivity contribution in [2.45, 2.75) is 22.7 Å². The van der Waals surface area contributed by atoms with Crippen LogP contribution in [0.15, 0.2) is 4.34 Å². The lowest BCUT2D eigenvalue weighted by atomic mass is 10.6. The Morgan fingerprint density at radius 3 is 2.64 bits per heavy atom. The van der Waals surface area contributed by atoms with Crippen molar-refractivity contribution in [1.29, 1.82) is 0 Å². The summed E-state index contributed by atoms with van der Waals surface area (Å²) in [5.41, 5.74) is 0. The van der Waals surface area contributed by atoms with Crippen molar-refractivity contribution >= 4 is 34.9 Å². The van der Waals surface area contributed by atoms with Crippen LogP contribution in [0.1, 0.15) is 12.7 Å². The molecule has 0 bridgehead atoms. The smallest absolute Gasteiger partial charge is 0.204 e. The van der Waals surface area contributed by atoms with E-state index in [0.29, 0.717) is 10.2 Å². The second kappa shape index (κ2) is 4.67. The van der Waals surface area contributed by atoms with E-state index in [4.69, 9.17) is 11.6 Å². The van der Waals surface area contributed by atoms with Gasteiger partial charge in [-0.25, -0.2) is 4.98 Å². The van der Waals surface area contributed by atoms with Crippen LogP contribution in [0.5, 0.6) is 0 Å². The summed E-state index contributed by atoms with van der Waals surface area (Å²) < 4.78 is 39.7. The predicted molar refractivity (Wildman–Crippen MR) is 51.0 cm³/mol. The van der Waals surface area contributed by atoms with E-state index in [0.717, 1.165) is 11.5 Å². The van der Waals surface area contributed by atoms with Gasteiger partial charge in [0.1, 0.15) is 0 Å². The monoisotopic (exact) mass is 262 g/mol. The first-order valence-corrected chi connectivity index (χ1v) is 5.75. The number of rotatable bonds is 3. The quantitative estimate of drug-likeness (QED) is 0.618. The first-order valence-electron chi connectivity index (χ1n) is 3.57. The van der Waals surface area contributed by atoms with Gasteiger partial charge in [-0.3, -0.25) is 0 Å². The molecule has 0 spiro atoms. The van der Waals surface area contributed by atoms with Crippen LogP contribution < -0.4 is 0 Å². The Kier molecular flexibility index (Phi) is 4.03. The van der Waals surface area contributed by atoms with Crippen LogP contribution in [0.4, 0.5) is 13.2 Å². The van der Waals surface area contributed by atoms with Gasteiger partial charge in [-0.15, -0.1) is 11.6 Å². The van der Waals surface area contributed by atoms with Gasteiger partial charge in [0.25, 0.3) is 0 Å². The molecule has 0 saturated heterocycles. The summed E-state index contributed by atoms with van der Waals surface area (Å²) in [7, 11) is 0. The SMILES string of the molecule is CC(CCl)Sc1nc(C(F)(F)F)ns1. The van der Waals surface area contributed by atoms with Crippen molar-refractivity contribution in [3.8, 4) is 0 Å². The van der Waals surface area contributed by atoms with Crippen LogP contribution in [0.25, 0.3) is 0 Å². The maximum absolute atomic E-state index is 12.1. The van der Waals surface area contributed by atoms with Crippen molar-refractivity contribution < 1.29 is 13.2 Å². The average molecular weight is 263 g/mol. The van der Waals surface area contributed by atoms with Gasteiger partial charge in [-0.1, -0.05) is 18.7 Å². The number of halogens is 4. The fourth-order valence-corrected chi connectivity index (χ4v) is 2.52. The summed E-state index contributed by atoms with van der Waals surface area (Å²) in [6.07, 6.45) is -4.46. The van der Waals surface area contributed by atoms with Gasteiger partial charge < -0.3 is 0 Å². The zero-order valence-corrected chi connectivity index (χ0v) is 9.40. The number of hydrogen-bond acceptors (Lipinski definition) is 4. The second-order valence-electron chi connectivity index (χ2n) is 2.46. The van der Waals surface area contributed by atoms with E-state index in [-0.39, 0.29) is 5.25 Å². The van der Waals surface area contributed by atoms with E-state index in [9.17, 15) is 13.2 Å². The summed E-state index contributed by atoms with van der Waals surface area (Å²) in [6, 6.07) is 0. The average Bonchev–Trinajstić information content (AvgIpc) is 2.51. The molecule has 1 atom stereocenters. The van der Waals surface area contributed by atoms with Crippen molar-refractivity contribution in [1.82, 2.24) is 9.36 Å². The molecule has 80 valence electrons. The normalized spacial score (nSPS) is 14.4.